The standard InChI is InChI=1S/C15H16ClN3O/c1-19(2)12-6-4-11(5-7-12)18-15(20)13-9-10(16)3-8-14(13)17/h3-9H,17H2,1-2H3,(H,18,20). The maximum absolute atomic E-state index is 12.1. The number of anilines is 3. The van der Waals surface area contributed by atoms with E-state index in [0.717, 1.165) is 5.69 Å². The lowest BCUT2D eigenvalue weighted by Gasteiger charge is -2.13. The zero-order chi connectivity index (χ0) is 14.7. The number of nitrogens with zero attached hydrogens (tertiary/aromatic N) is 1. The van der Waals surface area contributed by atoms with E-state index >= 15 is 0 Å². The summed E-state index contributed by atoms with van der Waals surface area (Å²) in [7, 11) is 3.92. The minimum atomic E-state index is -0.275. The average molecular weight is 290 g/mol. The largest absolute Gasteiger partial charge is 0.398 e. The van der Waals surface area contributed by atoms with E-state index in [-0.39, 0.29) is 5.91 Å². The highest BCUT2D eigenvalue weighted by molar-refractivity contribution is 6.31. The second-order valence-corrected chi connectivity index (χ2v) is 5.06. The number of hydrogen-bond donors (Lipinski definition) is 2. The van der Waals surface area contributed by atoms with Crippen LogP contribution in [0.5, 0.6) is 0 Å². The number of carbonyl (C=O) groups is 1. The quantitative estimate of drug-likeness (QED) is 0.853. The highest BCUT2D eigenvalue weighted by Crippen LogP contribution is 2.20. The van der Waals surface area contributed by atoms with E-state index in [1.807, 2.05) is 43.3 Å². The van der Waals surface area contributed by atoms with Crippen LogP contribution in [-0.4, -0.2) is 20.0 Å². The molecular formula is C15H16ClN3O. The topological polar surface area (TPSA) is 58.4 Å². The van der Waals surface area contributed by atoms with Crippen molar-refractivity contribution in [1.29, 1.82) is 0 Å². The summed E-state index contributed by atoms with van der Waals surface area (Å²) in [5, 5.41) is 3.28. The first-order valence-electron chi connectivity index (χ1n) is 6.11. The number of amides is 1. The number of nitrogens with one attached hydrogen (secondary N) is 1. The third-order valence-electron chi connectivity index (χ3n) is 2.90. The molecule has 4 nitrogen and oxygen atoms in total. The molecule has 2 aromatic carbocycles. The summed E-state index contributed by atoms with van der Waals surface area (Å²) < 4.78 is 0. The molecule has 0 aliphatic rings. The molecule has 0 bridgehead atoms. The van der Waals surface area contributed by atoms with Gasteiger partial charge < -0.3 is 16.0 Å². The van der Waals surface area contributed by atoms with Crippen LogP contribution in [0.3, 0.4) is 0 Å². The lowest BCUT2D eigenvalue weighted by atomic mass is 10.1. The van der Waals surface area contributed by atoms with E-state index < -0.39 is 0 Å². The van der Waals surface area contributed by atoms with Gasteiger partial charge in [-0.3, -0.25) is 4.79 Å². The molecule has 3 N–H and O–H groups in total. The summed E-state index contributed by atoms with van der Waals surface area (Å²) in [5.41, 5.74) is 8.32. The van der Waals surface area contributed by atoms with Crippen LogP contribution in [0.15, 0.2) is 42.5 Å². The van der Waals surface area contributed by atoms with Gasteiger partial charge in [0.05, 0.1) is 5.56 Å². The first-order chi connectivity index (χ1) is 9.47. The van der Waals surface area contributed by atoms with Gasteiger partial charge in [-0.15, -0.1) is 0 Å². The van der Waals surface area contributed by atoms with Crippen molar-refractivity contribution in [2.75, 3.05) is 30.0 Å². The van der Waals surface area contributed by atoms with Crippen LogP contribution < -0.4 is 16.0 Å². The summed E-state index contributed by atoms with van der Waals surface area (Å²) in [6.45, 7) is 0. The summed E-state index contributed by atoms with van der Waals surface area (Å²) in [6, 6.07) is 12.4. The van der Waals surface area contributed by atoms with Gasteiger partial charge in [0.25, 0.3) is 5.91 Å². The summed E-state index contributed by atoms with van der Waals surface area (Å²) in [6.07, 6.45) is 0. The Balaban J connectivity index is 2.17. The predicted octanol–water partition coefficient (Wildman–Crippen LogP) is 3.24. The van der Waals surface area contributed by atoms with Gasteiger partial charge in [0.2, 0.25) is 0 Å². The Morgan fingerprint density at radius 3 is 2.40 bits per heavy atom. The average Bonchev–Trinajstić information content (AvgIpc) is 2.42. The Kier molecular flexibility index (Phi) is 4.15. The van der Waals surface area contributed by atoms with Crippen molar-refractivity contribution in [3.63, 3.8) is 0 Å². The Morgan fingerprint density at radius 2 is 1.80 bits per heavy atom. The highest BCUT2D eigenvalue weighted by Gasteiger charge is 2.10. The molecule has 104 valence electrons. The number of hydrogen-bond acceptors (Lipinski definition) is 3. The fourth-order valence-electron chi connectivity index (χ4n) is 1.77. The smallest absolute Gasteiger partial charge is 0.257 e. The predicted molar refractivity (Wildman–Crippen MR) is 84.6 cm³/mol. The number of nitrogens with two attached hydrogens (primary N) is 1. The van der Waals surface area contributed by atoms with Gasteiger partial charge in [-0.1, -0.05) is 11.6 Å². The van der Waals surface area contributed by atoms with E-state index in [9.17, 15) is 4.79 Å². The van der Waals surface area contributed by atoms with Gasteiger partial charge in [-0.2, -0.15) is 0 Å². The van der Waals surface area contributed by atoms with Crippen molar-refractivity contribution in [3.05, 3.63) is 53.1 Å². The summed E-state index contributed by atoms with van der Waals surface area (Å²) in [5.74, 6) is -0.275. The second-order valence-electron chi connectivity index (χ2n) is 4.63. The molecule has 0 radical (unpaired) electrons. The van der Waals surface area contributed by atoms with E-state index in [1.54, 1.807) is 18.2 Å². The Hall–Kier alpha value is -2.20. The summed E-state index contributed by atoms with van der Waals surface area (Å²) in [4.78, 5) is 14.1. The molecule has 0 heterocycles. The van der Waals surface area contributed by atoms with Crippen molar-refractivity contribution in [3.8, 4) is 0 Å². The third-order valence-corrected chi connectivity index (χ3v) is 3.14. The van der Waals surface area contributed by atoms with E-state index in [1.165, 1.54) is 0 Å². The number of carbonyl (C=O) groups excluding carboxylic acids is 1. The highest BCUT2D eigenvalue weighted by atomic mass is 35.5. The van der Waals surface area contributed by atoms with Gasteiger partial charge >= 0.3 is 0 Å². The number of nitrogen functional groups attached to an aromatic ring is 1. The lowest BCUT2D eigenvalue weighted by molar-refractivity contribution is 0.102. The van der Waals surface area contributed by atoms with Crippen molar-refractivity contribution >= 4 is 34.6 Å². The first-order valence-corrected chi connectivity index (χ1v) is 6.49. The molecule has 2 aromatic rings. The Morgan fingerprint density at radius 1 is 1.15 bits per heavy atom. The zero-order valence-corrected chi connectivity index (χ0v) is 12.1. The monoisotopic (exact) mass is 289 g/mol. The van der Waals surface area contributed by atoms with E-state index in [0.29, 0.717) is 22.0 Å². The Labute approximate surface area is 123 Å². The third kappa shape index (κ3) is 3.22. The zero-order valence-electron chi connectivity index (χ0n) is 11.4. The summed E-state index contributed by atoms with van der Waals surface area (Å²) >= 11 is 5.88. The maximum Gasteiger partial charge on any atom is 0.257 e. The molecule has 0 saturated heterocycles. The molecular weight excluding hydrogens is 274 g/mol. The first kappa shape index (κ1) is 14.2. The molecule has 0 aliphatic heterocycles. The number of halogens is 1. The molecule has 0 atom stereocenters. The minimum Gasteiger partial charge on any atom is -0.398 e. The van der Waals surface area contributed by atoms with Crippen molar-refractivity contribution in [2.24, 2.45) is 0 Å². The van der Waals surface area contributed by atoms with Gasteiger partial charge in [0.15, 0.2) is 0 Å². The van der Waals surface area contributed by atoms with Crippen LogP contribution >= 0.6 is 11.6 Å². The van der Waals surface area contributed by atoms with Crippen molar-refractivity contribution in [1.82, 2.24) is 0 Å². The van der Waals surface area contributed by atoms with Gasteiger partial charge in [0, 0.05) is 36.2 Å². The van der Waals surface area contributed by atoms with Crippen LogP contribution in [0.2, 0.25) is 5.02 Å². The molecule has 20 heavy (non-hydrogen) atoms. The molecule has 2 rings (SSSR count). The van der Waals surface area contributed by atoms with Gasteiger partial charge in [0.1, 0.15) is 0 Å². The molecule has 0 fully saturated rings. The molecule has 0 saturated carbocycles. The van der Waals surface area contributed by atoms with Crippen LogP contribution in [0.4, 0.5) is 17.1 Å². The maximum atomic E-state index is 12.1. The van der Waals surface area contributed by atoms with E-state index in [2.05, 4.69) is 5.32 Å². The van der Waals surface area contributed by atoms with Crippen LogP contribution in [0.25, 0.3) is 0 Å². The molecule has 0 spiro atoms. The molecule has 0 unspecified atom stereocenters. The van der Waals surface area contributed by atoms with Crippen LogP contribution in [0.1, 0.15) is 10.4 Å². The van der Waals surface area contributed by atoms with E-state index in [4.69, 9.17) is 17.3 Å². The SMILES string of the molecule is CN(C)c1ccc(NC(=O)c2cc(Cl)ccc2N)cc1. The van der Waals surface area contributed by atoms with Gasteiger partial charge in [-0.25, -0.2) is 0 Å². The lowest BCUT2D eigenvalue weighted by Crippen LogP contribution is -2.14. The van der Waals surface area contributed by atoms with Crippen molar-refractivity contribution < 1.29 is 4.79 Å². The Bertz CT molecular complexity index is 624. The molecule has 1 amide bonds. The number of rotatable bonds is 3. The van der Waals surface area contributed by atoms with Crippen LogP contribution in [-0.2, 0) is 0 Å². The fourth-order valence-corrected chi connectivity index (χ4v) is 1.94. The molecule has 0 aliphatic carbocycles. The fraction of sp³-hybridized carbons (Fsp3) is 0.133. The van der Waals surface area contributed by atoms with Crippen LogP contribution in [0, 0.1) is 0 Å². The van der Waals surface area contributed by atoms with Gasteiger partial charge in [-0.05, 0) is 42.5 Å². The molecule has 0 aromatic heterocycles. The second kappa shape index (κ2) is 5.84. The van der Waals surface area contributed by atoms with Crippen molar-refractivity contribution in [2.45, 2.75) is 0 Å². The minimum absolute atomic E-state index is 0.275. The normalized spacial score (nSPS) is 10.2. The number of benzene rings is 2. The molecule has 5 heteroatoms.